The van der Waals surface area contributed by atoms with Crippen LogP contribution < -0.4 is 10.6 Å². The number of amides is 2. The van der Waals surface area contributed by atoms with Crippen LogP contribution in [-0.2, 0) is 17.6 Å². The van der Waals surface area contributed by atoms with Gasteiger partial charge in [-0.25, -0.2) is 9.37 Å². The van der Waals surface area contributed by atoms with Gasteiger partial charge in [-0.3, -0.25) is 14.7 Å². The van der Waals surface area contributed by atoms with E-state index in [0.717, 1.165) is 11.1 Å². The molecule has 0 saturated carbocycles. The van der Waals surface area contributed by atoms with E-state index in [-0.39, 0.29) is 24.0 Å². The van der Waals surface area contributed by atoms with Crippen LogP contribution in [0.15, 0.2) is 42.5 Å². The Labute approximate surface area is 173 Å². The summed E-state index contributed by atoms with van der Waals surface area (Å²) in [6.45, 7) is 1.79. The van der Waals surface area contributed by atoms with Gasteiger partial charge in [-0.15, -0.1) is 5.10 Å². The van der Waals surface area contributed by atoms with Gasteiger partial charge in [-0.1, -0.05) is 42.5 Å². The van der Waals surface area contributed by atoms with Crippen molar-refractivity contribution in [3.63, 3.8) is 0 Å². The largest absolute Gasteiger partial charge is 0.348 e. The Morgan fingerprint density at radius 2 is 2.03 bits per heavy atom. The summed E-state index contributed by atoms with van der Waals surface area (Å²) in [6, 6.07) is 13.3. The summed E-state index contributed by atoms with van der Waals surface area (Å²) in [7, 11) is 0. The number of hydrogen-bond donors (Lipinski definition) is 3. The molecular formula is C22H22FN5O2. The summed E-state index contributed by atoms with van der Waals surface area (Å²) in [5.74, 6) is -1.03. The number of carbonyl (C=O) groups is 2. The van der Waals surface area contributed by atoms with Crippen molar-refractivity contribution in [1.82, 2.24) is 20.5 Å². The molecule has 1 unspecified atom stereocenters. The predicted molar refractivity (Wildman–Crippen MR) is 110 cm³/mol. The SMILES string of the molecule is Cc1ccc2c(c1F)NC(=O)C(CNC(=O)c1n[nH]c(Cc3ccccc3)n1)CC2. The van der Waals surface area contributed by atoms with Crippen molar-refractivity contribution in [2.75, 3.05) is 11.9 Å². The van der Waals surface area contributed by atoms with Crippen LogP contribution in [0.4, 0.5) is 10.1 Å². The lowest BCUT2D eigenvalue weighted by atomic mass is 9.99. The number of hydrogen-bond acceptors (Lipinski definition) is 4. The number of fused-ring (bicyclic) bond motifs is 1. The molecule has 1 atom stereocenters. The van der Waals surface area contributed by atoms with Crippen LogP contribution in [0.25, 0.3) is 0 Å². The Morgan fingerprint density at radius 1 is 1.23 bits per heavy atom. The third kappa shape index (κ3) is 4.22. The molecule has 2 amide bonds. The molecule has 2 aromatic carbocycles. The number of rotatable bonds is 5. The van der Waals surface area contributed by atoms with Crippen LogP contribution in [0.1, 0.15) is 39.6 Å². The van der Waals surface area contributed by atoms with E-state index in [4.69, 9.17) is 0 Å². The van der Waals surface area contributed by atoms with Gasteiger partial charge in [0.1, 0.15) is 11.6 Å². The summed E-state index contributed by atoms with van der Waals surface area (Å²) in [5.41, 5.74) is 2.54. The van der Waals surface area contributed by atoms with Crippen molar-refractivity contribution < 1.29 is 14.0 Å². The van der Waals surface area contributed by atoms with E-state index in [1.165, 1.54) is 0 Å². The minimum absolute atomic E-state index is 0.0277. The number of aromatic amines is 1. The summed E-state index contributed by atoms with van der Waals surface area (Å²) in [4.78, 5) is 29.2. The van der Waals surface area contributed by atoms with E-state index in [1.807, 2.05) is 36.4 Å². The molecule has 1 aliphatic heterocycles. The molecule has 0 spiro atoms. The van der Waals surface area contributed by atoms with Gasteiger partial charge >= 0.3 is 0 Å². The van der Waals surface area contributed by atoms with Gasteiger partial charge in [-0.2, -0.15) is 0 Å². The highest BCUT2D eigenvalue weighted by atomic mass is 19.1. The van der Waals surface area contributed by atoms with Crippen molar-refractivity contribution in [3.8, 4) is 0 Å². The number of halogens is 1. The number of anilines is 1. The molecule has 2 heterocycles. The molecule has 1 aromatic heterocycles. The summed E-state index contributed by atoms with van der Waals surface area (Å²) < 4.78 is 14.4. The van der Waals surface area contributed by atoms with Crippen molar-refractivity contribution in [2.24, 2.45) is 5.92 Å². The highest BCUT2D eigenvalue weighted by Crippen LogP contribution is 2.28. The number of carbonyl (C=O) groups excluding carboxylic acids is 2. The van der Waals surface area contributed by atoms with Gasteiger partial charge in [0.05, 0.1) is 11.6 Å². The number of nitrogens with zero attached hydrogens (tertiary/aromatic N) is 2. The van der Waals surface area contributed by atoms with Crippen molar-refractivity contribution >= 4 is 17.5 Å². The monoisotopic (exact) mass is 407 g/mol. The fourth-order valence-electron chi connectivity index (χ4n) is 3.50. The molecule has 0 saturated heterocycles. The van der Waals surface area contributed by atoms with E-state index in [1.54, 1.807) is 13.0 Å². The maximum absolute atomic E-state index is 14.4. The predicted octanol–water partition coefficient (Wildman–Crippen LogP) is 2.77. The molecule has 3 N–H and O–H groups in total. The molecule has 4 rings (SSSR count). The maximum Gasteiger partial charge on any atom is 0.290 e. The third-order valence-electron chi connectivity index (χ3n) is 5.26. The summed E-state index contributed by atoms with van der Waals surface area (Å²) in [6.07, 6.45) is 1.60. The Bertz CT molecular complexity index is 1080. The molecule has 0 aliphatic carbocycles. The molecule has 0 fully saturated rings. The smallest absolute Gasteiger partial charge is 0.290 e. The number of nitrogens with one attached hydrogen (secondary N) is 3. The van der Waals surface area contributed by atoms with Gasteiger partial charge in [0.25, 0.3) is 5.91 Å². The van der Waals surface area contributed by atoms with Crippen molar-refractivity contribution in [2.45, 2.75) is 26.2 Å². The van der Waals surface area contributed by atoms with Crippen LogP contribution in [0.2, 0.25) is 0 Å². The fraction of sp³-hybridized carbons (Fsp3) is 0.273. The van der Waals surface area contributed by atoms with Crippen LogP contribution in [0.5, 0.6) is 0 Å². The first-order valence-electron chi connectivity index (χ1n) is 9.83. The van der Waals surface area contributed by atoms with E-state index in [0.29, 0.717) is 30.7 Å². The van der Waals surface area contributed by atoms with Gasteiger partial charge in [-0.05, 0) is 36.5 Å². The van der Waals surface area contributed by atoms with E-state index < -0.39 is 17.6 Å². The quantitative estimate of drug-likeness (QED) is 0.606. The fourth-order valence-corrected chi connectivity index (χ4v) is 3.50. The zero-order valence-electron chi connectivity index (χ0n) is 16.5. The number of H-pyrrole nitrogens is 1. The Kier molecular flexibility index (Phi) is 5.56. The molecule has 7 nitrogen and oxygen atoms in total. The molecule has 1 aliphatic rings. The van der Waals surface area contributed by atoms with Crippen LogP contribution in [0.3, 0.4) is 0 Å². The molecule has 30 heavy (non-hydrogen) atoms. The van der Waals surface area contributed by atoms with Gasteiger partial charge in [0.15, 0.2) is 0 Å². The first kappa shape index (κ1) is 19.8. The standard InChI is InChI=1S/C22H22FN5O2/c1-13-7-8-15-9-10-16(21(29)26-19(15)18(13)23)12-24-22(30)20-25-17(27-28-20)11-14-5-3-2-4-6-14/h2-8,16H,9-12H2,1H3,(H,24,30)(H,26,29)(H,25,27,28). The average molecular weight is 407 g/mol. The van der Waals surface area contributed by atoms with E-state index in [9.17, 15) is 14.0 Å². The minimum atomic E-state index is -0.469. The molecule has 0 bridgehead atoms. The minimum Gasteiger partial charge on any atom is -0.348 e. The van der Waals surface area contributed by atoms with Crippen molar-refractivity contribution in [3.05, 3.63) is 76.6 Å². The first-order chi connectivity index (χ1) is 14.5. The normalized spacial score (nSPS) is 15.8. The second-order valence-corrected chi connectivity index (χ2v) is 7.43. The van der Waals surface area contributed by atoms with Crippen LogP contribution in [0, 0.1) is 18.7 Å². The van der Waals surface area contributed by atoms with E-state index in [2.05, 4.69) is 25.8 Å². The highest BCUT2D eigenvalue weighted by molar-refractivity contribution is 5.95. The second kappa shape index (κ2) is 8.44. The van der Waals surface area contributed by atoms with E-state index >= 15 is 0 Å². The second-order valence-electron chi connectivity index (χ2n) is 7.43. The first-order valence-corrected chi connectivity index (χ1v) is 9.83. The Hall–Kier alpha value is -3.55. The van der Waals surface area contributed by atoms with Crippen molar-refractivity contribution in [1.29, 1.82) is 0 Å². The van der Waals surface area contributed by atoms with Gasteiger partial charge in [0, 0.05) is 13.0 Å². The third-order valence-corrected chi connectivity index (χ3v) is 5.26. The number of benzene rings is 2. The Balaban J connectivity index is 1.36. The number of aromatic nitrogens is 3. The molecular weight excluding hydrogens is 385 g/mol. The number of aryl methyl sites for hydroxylation is 2. The molecule has 154 valence electrons. The highest BCUT2D eigenvalue weighted by Gasteiger charge is 2.27. The maximum atomic E-state index is 14.4. The lowest BCUT2D eigenvalue weighted by molar-refractivity contribution is -0.119. The lowest BCUT2D eigenvalue weighted by Gasteiger charge is -2.13. The molecule has 0 radical (unpaired) electrons. The lowest BCUT2D eigenvalue weighted by Crippen LogP contribution is -2.35. The zero-order valence-corrected chi connectivity index (χ0v) is 16.5. The zero-order chi connectivity index (χ0) is 21.1. The average Bonchev–Trinajstić information content (AvgIpc) is 3.14. The van der Waals surface area contributed by atoms with Crippen LogP contribution >= 0.6 is 0 Å². The van der Waals surface area contributed by atoms with Gasteiger partial charge < -0.3 is 10.6 Å². The molecule has 8 heteroatoms. The topological polar surface area (TPSA) is 99.8 Å². The molecule has 3 aromatic rings. The summed E-state index contributed by atoms with van der Waals surface area (Å²) >= 11 is 0. The van der Waals surface area contributed by atoms with Gasteiger partial charge in [0.2, 0.25) is 11.7 Å². The Morgan fingerprint density at radius 3 is 2.83 bits per heavy atom. The summed E-state index contributed by atoms with van der Waals surface area (Å²) in [5, 5.41) is 12.1. The van der Waals surface area contributed by atoms with Crippen LogP contribution in [-0.4, -0.2) is 33.5 Å².